The van der Waals surface area contributed by atoms with E-state index in [0.717, 1.165) is 31.6 Å². The number of rotatable bonds is 8. The third kappa shape index (κ3) is 6.00. The van der Waals surface area contributed by atoms with E-state index in [2.05, 4.69) is 17.2 Å². The zero-order chi connectivity index (χ0) is 17.2. The quantitative estimate of drug-likeness (QED) is 0.435. The van der Waals surface area contributed by atoms with Crippen molar-refractivity contribution in [2.24, 2.45) is 10.7 Å². The van der Waals surface area contributed by atoms with E-state index in [-0.39, 0.29) is 5.82 Å². The lowest BCUT2D eigenvalue weighted by atomic mass is 10.1. The fourth-order valence-corrected chi connectivity index (χ4v) is 2.71. The number of benzene rings is 1. The van der Waals surface area contributed by atoms with Gasteiger partial charge < -0.3 is 20.7 Å². The smallest absolute Gasteiger partial charge is 0.188 e. The third-order valence-electron chi connectivity index (χ3n) is 4.13. The molecule has 1 heterocycles. The number of halogens is 1. The molecule has 1 aromatic rings. The molecular weight excluding hydrogens is 307 g/mol. The van der Waals surface area contributed by atoms with Gasteiger partial charge in [0, 0.05) is 19.6 Å². The van der Waals surface area contributed by atoms with Gasteiger partial charge in [0.15, 0.2) is 5.96 Å². The molecule has 2 rings (SSSR count). The molecule has 0 spiro atoms. The van der Waals surface area contributed by atoms with Gasteiger partial charge in [-0.2, -0.15) is 0 Å². The van der Waals surface area contributed by atoms with Crippen LogP contribution < -0.4 is 16.0 Å². The highest BCUT2D eigenvalue weighted by molar-refractivity contribution is 5.77. The summed E-state index contributed by atoms with van der Waals surface area (Å²) in [5.74, 6) is 0.208. The van der Waals surface area contributed by atoms with Crippen LogP contribution in [0.25, 0.3) is 0 Å². The first-order valence-corrected chi connectivity index (χ1v) is 8.85. The average molecular weight is 336 g/mol. The minimum absolute atomic E-state index is 0.212. The maximum atomic E-state index is 14.3. The third-order valence-corrected chi connectivity index (χ3v) is 4.13. The Morgan fingerprint density at radius 1 is 1.29 bits per heavy atom. The number of hydrogen-bond donors (Lipinski definition) is 2. The zero-order valence-electron chi connectivity index (χ0n) is 14.6. The minimum atomic E-state index is -0.212. The molecule has 1 saturated heterocycles. The van der Waals surface area contributed by atoms with Gasteiger partial charge in [-0.05, 0) is 24.1 Å². The van der Waals surface area contributed by atoms with Crippen molar-refractivity contribution in [1.82, 2.24) is 5.32 Å². The molecule has 3 N–H and O–H groups in total. The van der Waals surface area contributed by atoms with E-state index >= 15 is 0 Å². The van der Waals surface area contributed by atoms with Crippen molar-refractivity contribution in [1.29, 1.82) is 0 Å². The van der Waals surface area contributed by atoms with Crippen molar-refractivity contribution in [3.05, 3.63) is 29.6 Å². The summed E-state index contributed by atoms with van der Waals surface area (Å²) in [6, 6.07) is 5.27. The summed E-state index contributed by atoms with van der Waals surface area (Å²) in [6.45, 7) is 6.14. The SMILES string of the molecule is CCCCCCNC(N)=NCc1ccc(N2CCOCC2)c(F)c1. The monoisotopic (exact) mass is 336 g/mol. The van der Waals surface area contributed by atoms with Gasteiger partial charge in [-0.1, -0.05) is 32.3 Å². The number of morpholine rings is 1. The van der Waals surface area contributed by atoms with E-state index < -0.39 is 0 Å². The fraction of sp³-hybridized carbons (Fsp3) is 0.611. The number of ether oxygens (including phenoxy) is 1. The van der Waals surface area contributed by atoms with Crippen molar-refractivity contribution in [3.8, 4) is 0 Å². The number of nitrogens with zero attached hydrogens (tertiary/aromatic N) is 2. The molecule has 1 aliphatic rings. The van der Waals surface area contributed by atoms with Crippen LogP contribution in [0.5, 0.6) is 0 Å². The van der Waals surface area contributed by atoms with Crippen molar-refractivity contribution in [2.75, 3.05) is 37.7 Å². The van der Waals surface area contributed by atoms with E-state index in [9.17, 15) is 4.39 Å². The topological polar surface area (TPSA) is 62.9 Å². The van der Waals surface area contributed by atoms with Crippen molar-refractivity contribution < 1.29 is 9.13 Å². The van der Waals surface area contributed by atoms with Gasteiger partial charge in [0.25, 0.3) is 0 Å². The Morgan fingerprint density at radius 3 is 2.79 bits per heavy atom. The Morgan fingerprint density at radius 2 is 2.08 bits per heavy atom. The summed E-state index contributed by atoms with van der Waals surface area (Å²) in [4.78, 5) is 6.29. The number of guanidine groups is 1. The first kappa shape index (κ1) is 18.5. The highest BCUT2D eigenvalue weighted by Gasteiger charge is 2.15. The van der Waals surface area contributed by atoms with Gasteiger partial charge in [0.05, 0.1) is 25.4 Å². The number of nitrogens with one attached hydrogen (secondary N) is 1. The largest absolute Gasteiger partial charge is 0.378 e. The molecule has 0 saturated carbocycles. The average Bonchev–Trinajstić information content (AvgIpc) is 2.60. The molecule has 1 aliphatic heterocycles. The molecule has 0 atom stereocenters. The standard InChI is InChI=1S/C18H29FN4O/c1-2-3-4-5-8-21-18(20)22-14-15-6-7-17(16(19)13-15)23-9-11-24-12-10-23/h6-7,13H,2-5,8-12,14H2,1H3,(H3,20,21,22). The highest BCUT2D eigenvalue weighted by atomic mass is 19.1. The van der Waals surface area contributed by atoms with Gasteiger partial charge in [0.1, 0.15) is 5.82 Å². The Hall–Kier alpha value is -1.82. The fourth-order valence-electron chi connectivity index (χ4n) is 2.71. The number of nitrogens with two attached hydrogens (primary N) is 1. The number of anilines is 1. The molecule has 134 valence electrons. The van der Waals surface area contributed by atoms with Crippen LogP contribution in [0.1, 0.15) is 38.2 Å². The van der Waals surface area contributed by atoms with E-state index in [0.29, 0.717) is 31.4 Å². The second-order valence-electron chi connectivity index (χ2n) is 6.07. The lowest BCUT2D eigenvalue weighted by Gasteiger charge is -2.29. The summed E-state index contributed by atoms with van der Waals surface area (Å²) in [5, 5.41) is 3.10. The van der Waals surface area contributed by atoms with Crippen LogP contribution in [0.2, 0.25) is 0 Å². The first-order chi connectivity index (χ1) is 11.7. The lowest BCUT2D eigenvalue weighted by Crippen LogP contribution is -2.36. The molecule has 1 aromatic carbocycles. The van der Waals surface area contributed by atoms with Crippen LogP contribution in [0.3, 0.4) is 0 Å². The van der Waals surface area contributed by atoms with Crippen LogP contribution >= 0.6 is 0 Å². The molecule has 24 heavy (non-hydrogen) atoms. The Balaban J connectivity index is 1.81. The summed E-state index contributed by atoms with van der Waals surface area (Å²) < 4.78 is 19.6. The molecule has 0 bridgehead atoms. The minimum Gasteiger partial charge on any atom is -0.378 e. The summed E-state index contributed by atoms with van der Waals surface area (Å²) in [7, 11) is 0. The summed E-state index contributed by atoms with van der Waals surface area (Å²) in [6.07, 6.45) is 4.75. The van der Waals surface area contributed by atoms with Gasteiger partial charge in [-0.25, -0.2) is 9.38 Å². The predicted octanol–water partition coefficient (Wildman–Crippen LogP) is 2.65. The molecule has 5 nitrogen and oxygen atoms in total. The first-order valence-electron chi connectivity index (χ1n) is 8.85. The van der Waals surface area contributed by atoms with Crippen molar-refractivity contribution >= 4 is 11.6 Å². The molecule has 0 aliphatic carbocycles. The Bertz CT molecular complexity index is 530. The number of unbranched alkanes of at least 4 members (excludes halogenated alkanes) is 3. The second-order valence-corrected chi connectivity index (χ2v) is 6.07. The molecule has 0 aromatic heterocycles. The normalized spacial score (nSPS) is 15.6. The molecular formula is C18H29FN4O. The molecule has 1 fully saturated rings. The maximum Gasteiger partial charge on any atom is 0.188 e. The van der Waals surface area contributed by atoms with E-state index in [1.807, 2.05) is 17.0 Å². The molecule has 0 unspecified atom stereocenters. The molecule has 6 heteroatoms. The van der Waals surface area contributed by atoms with Crippen LogP contribution in [-0.4, -0.2) is 38.8 Å². The summed E-state index contributed by atoms with van der Waals surface area (Å²) >= 11 is 0. The second kappa shape index (κ2) is 10.1. The van der Waals surface area contributed by atoms with Crippen molar-refractivity contribution in [3.63, 3.8) is 0 Å². The van der Waals surface area contributed by atoms with Crippen LogP contribution in [-0.2, 0) is 11.3 Å². The predicted molar refractivity (Wildman–Crippen MR) is 96.9 cm³/mol. The lowest BCUT2D eigenvalue weighted by molar-refractivity contribution is 0.122. The number of aliphatic imine (C=N–C) groups is 1. The Labute approximate surface area is 144 Å². The van der Waals surface area contributed by atoms with Crippen LogP contribution in [0.4, 0.5) is 10.1 Å². The van der Waals surface area contributed by atoms with E-state index in [4.69, 9.17) is 10.5 Å². The maximum absolute atomic E-state index is 14.3. The van der Waals surface area contributed by atoms with E-state index in [1.54, 1.807) is 6.07 Å². The number of hydrogen-bond acceptors (Lipinski definition) is 3. The van der Waals surface area contributed by atoms with E-state index in [1.165, 1.54) is 19.3 Å². The van der Waals surface area contributed by atoms with Gasteiger partial charge >= 0.3 is 0 Å². The van der Waals surface area contributed by atoms with Crippen molar-refractivity contribution in [2.45, 2.75) is 39.2 Å². The molecule has 0 radical (unpaired) electrons. The summed E-state index contributed by atoms with van der Waals surface area (Å²) in [5.41, 5.74) is 7.30. The highest BCUT2D eigenvalue weighted by Crippen LogP contribution is 2.21. The van der Waals surface area contributed by atoms with Crippen LogP contribution in [0.15, 0.2) is 23.2 Å². The Kier molecular flexibility index (Phi) is 7.82. The zero-order valence-corrected chi connectivity index (χ0v) is 14.6. The van der Waals surface area contributed by atoms with Gasteiger partial charge in [-0.15, -0.1) is 0 Å². The van der Waals surface area contributed by atoms with Gasteiger partial charge in [-0.3, -0.25) is 0 Å². The van der Waals surface area contributed by atoms with Crippen LogP contribution in [0, 0.1) is 5.82 Å². The molecule has 0 amide bonds. The van der Waals surface area contributed by atoms with Gasteiger partial charge in [0.2, 0.25) is 0 Å².